The van der Waals surface area contributed by atoms with Crippen molar-refractivity contribution in [2.45, 2.75) is 32.1 Å². The van der Waals surface area contributed by atoms with Gasteiger partial charge < -0.3 is 4.52 Å². The molecule has 60 valence electrons. The van der Waals surface area contributed by atoms with Gasteiger partial charge in [0.05, 0.1) is 10.2 Å². The van der Waals surface area contributed by atoms with Crippen LogP contribution in [-0.4, -0.2) is 5.16 Å². The van der Waals surface area contributed by atoms with Gasteiger partial charge in [-0.2, -0.15) is 0 Å². The number of hydrogen-bond acceptors (Lipinski definition) is 2. The summed E-state index contributed by atoms with van der Waals surface area (Å²) in [5.41, 5.74) is 1.23. The van der Waals surface area contributed by atoms with Crippen molar-refractivity contribution in [1.82, 2.24) is 5.16 Å². The van der Waals surface area contributed by atoms with Gasteiger partial charge in [-0.05, 0) is 35.7 Å². The van der Waals surface area contributed by atoms with Gasteiger partial charge in [-0.3, -0.25) is 0 Å². The predicted octanol–water partition coefficient (Wildman–Crippen LogP) is 2.80. The summed E-state index contributed by atoms with van der Waals surface area (Å²) in [5, 5.41) is 3.90. The third-order valence-electron chi connectivity index (χ3n) is 2.34. The van der Waals surface area contributed by atoms with Crippen LogP contribution in [0.3, 0.4) is 0 Å². The van der Waals surface area contributed by atoms with Crippen molar-refractivity contribution in [2.24, 2.45) is 0 Å². The number of nitrogens with zero attached hydrogens (tertiary/aromatic N) is 1. The molecule has 0 amide bonds. The molecule has 1 heterocycles. The molecule has 2 nitrogen and oxygen atoms in total. The monoisotopic (exact) mass is 215 g/mol. The predicted molar refractivity (Wildman–Crippen MR) is 45.5 cm³/mol. The molecule has 1 fully saturated rings. The normalized spacial score (nSPS) is 20.3. The summed E-state index contributed by atoms with van der Waals surface area (Å²) in [6.07, 6.45) is 2.44. The summed E-state index contributed by atoms with van der Waals surface area (Å²) in [6, 6.07) is 0. The Kier molecular flexibility index (Phi) is 1.40. The lowest BCUT2D eigenvalue weighted by atomic mass is 10.1. The van der Waals surface area contributed by atoms with Crippen molar-refractivity contribution < 1.29 is 4.52 Å². The second-order valence-corrected chi connectivity index (χ2v) is 4.26. The molecule has 0 spiro atoms. The number of halogens is 1. The fourth-order valence-electron chi connectivity index (χ4n) is 1.15. The van der Waals surface area contributed by atoms with Crippen LogP contribution in [0, 0.1) is 6.92 Å². The molecule has 0 radical (unpaired) electrons. The van der Waals surface area contributed by atoms with Crippen LogP contribution in [0.1, 0.15) is 31.2 Å². The van der Waals surface area contributed by atoms with Crippen molar-refractivity contribution in [3.05, 3.63) is 15.9 Å². The van der Waals surface area contributed by atoms with Crippen LogP contribution in [0.15, 0.2) is 9.00 Å². The standard InChI is InChI=1S/C8H10BrNO/c1-5-6(9)7(11-10-5)8(2)3-4-8/h3-4H2,1-2H3. The van der Waals surface area contributed by atoms with Gasteiger partial charge in [-0.25, -0.2) is 0 Å². The van der Waals surface area contributed by atoms with Gasteiger partial charge >= 0.3 is 0 Å². The van der Waals surface area contributed by atoms with E-state index in [0.29, 0.717) is 0 Å². The highest BCUT2D eigenvalue weighted by Crippen LogP contribution is 2.50. The molecule has 0 aromatic carbocycles. The number of rotatable bonds is 1. The first-order chi connectivity index (χ1) is 5.13. The minimum Gasteiger partial charge on any atom is -0.359 e. The summed E-state index contributed by atoms with van der Waals surface area (Å²) in [6.45, 7) is 4.15. The minimum absolute atomic E-state index is 0.278. The van der Waals surface area contributed by atoms with Gasteiger partial charge in [0.2, 0.25) is 0 Å². The summed E-state index contributed by atoms with van der Waals surface area (Å²) in [4.78, 5) is 0. The zero-order valence-electron chi connectivity index (χ0n) is 6.65. The van der Waals surface area contributed by atoms with Crippen molar-refractivity contribution in [3.8, 4) is 0 Å². The van der Waals surface area contributed by atoms with Crippen LogP contribution in [0.4, 0.5) is 0 Å². The van der Waals surface area contributed by atoms with Crippen LogP contribution >= 0.6 is 15.9 Å². The van der Waals surface area contributed by atoms with E-state index < -0.39 is 0 Å². The Hall–Kier alpha value is -0.310. The van der Waals surface area contributed by atoms with Crippen LogP contribution in [0.25, 0.3) is 0 Å². The average Bonchev–Trinajstić information content (AvgIpc) is 2.60. The summed E-state index contributed by atoms with van der Waals surface area (Å²) < 4.78 is 6.28. The lowest BCUT2D eigenvalue weighted by Crippen LogP contribution is -1.97. The highest BCUT2D eigenvalue weighted by atomic mass is 79.9. The highest BCUT2D eigenvalue weighted by molar-refractivity contribution is 9.10. The van der Waals surface area contributed by atoms with Gasteiger partial charge in [0.1, 0.15) is 0 Å². The Labute approximate surface area is 74.1 Å². The highest BCUT2D eigenvalue weighted by Gasteiger charge is 2.44. The molecule has 0 atom stereocenters. The van der Waals surface area contributed by atoms with Gasteiger partial charge in [0.15, 0.2) is 5.76 Å². The van der Waals surface area contributed by atoms with E-state index in [9.17, 15) is 0 Å². The van der Waals surface area contributed by atoms with E-state index in [0.717, 1.165) is 15.9 Å². The number of hydrogen-bond donors (Lipinski definition) is 0. The SMILES string of the molecule is Cc1noc(C2(C)CC2)c1Br. The van der Waals surface area contributed by atoms with Crippen LogP contribution in [0.2, 0.25) is 0 Å². The molecule has 1 aromatic rings. The molecular formula is C8H10BrNO. The first-order valence-electron chi connectivity index (χ1n) is 3.76. The van der Waals surface area contributed by atoms with E-state index >= 15 is 0 Å². The Balaban J connectivity index is 2.45. The minimum atomic E-state index is 0.278. The Morgan fingerprint density at radius 2 is 2.18 bits per heavy atom. The smallest absolute Gasteiger partial charge is 0.157 e. The third-order valence-corrected chi connectivity index (χ3v) is 3.27. The molecule has 0 aliphatic heterocycles. The summed E-state index contributed by atoms with van der Waals surface area (Å²) in [5.74, 6) is 1.02. The number of aryl methyl sites for hydroxylation is 1. The maximum atomic E-state index is 5.23. The van der Waals surface area contributed by atoms with E-state index in [1.807, 2.05) is 6.92 Å². The second-order valence-electron chi connectivity index (χ2n) is 3.47. The van der Waals surface area contributed by atoms with Gasteiger partial charge in [0, 0.05) is 5.41 Å². The van der Waals surface area contributed by atoms with Gasteiger partial charge in [-0.1, -0.05) is 12.1 Å². The van der Waals surface area contributed by atoms with Crippen molar-refractivity contribution in [1.29, 1.82) is 0 Å². The fourth-order valence-corrected chi connectivity index (χ4v) is 1.77. The summed E-state index contributed by atoms with van der Waals surface area (Å²) in [7, 11) is 0. The molecule has 0 saturated heterocycles. The van der Waals surface area contributed by atoms with E-state index in [1.54, 1.807) is 0 Å². The van der Waals surface area contributed by atoms with Gasteiger partial charge in [0.25, 0.3) is 0 Å². The molecule has 3 heteroatoms. The van der Waals surface area contributed by atoms with Crippen LogP contribution < -0.4 is 0 Å². The summed E-state index contributed by atoms with van der Waals surface area (Å²) >= 11 is 3.47. The van der Waals surface area contributed by atoms with Crippen LogP contribution in [0.5, 0.6) is 0 Å². The van der Waals surface area contributed by atoms with Crippen molar-refractivity contribution >= 4 is 15.9 Å². The number of aromatic nitrogens is 1. The molecule has 2 rings (SSSR count). The van der Waals surface area contributed by atoms with Crippen LogP contribution in [-0.2, 0) is 5.41 Å². The lowest BCUT2D eigenvalue weighted by Gasteiger charge is -2.01. The largest absolute Gasteiger partial charge is 0.359 e. The molecule has 1 saturated carbocycles. The molecule has 0 unspecified atom stereocenters. The molecule has 0 N–H and O–H groups in total. The molecule has 1 aliphatic carbocycles. The lowest BCUT2D eigenvalue weighted by molar-refractivity contribution is 0.355. The zero-order chi connectivity index (χ0) is 8.06. The Bertz CT molecular complexity index is 288. The first kappa shape index (κ1) is 7.35. The third kappa shape index (κ3) is 1.02. The average molecular weight is 216 g/mol. The molecular weight excluding hydrogens is 206 g/mol. The molecule has 1 aromatic heterocycles. The molecule has 0 bridgehead atoms. The van der Waals surface area contributed by atoms with E-state index in [4.69, 9.17) is 4.52 Å². The Morgan fingerprint density at radius 1 is 1.55 bits per heavy atom. The zero-order valence-corrected chi connectivity index (χ0v) is 8.23. The molecule has 1 aliphatic rings. The topological polar surface area (TPSA) is 26.0 Å². The quantitative estimate of drug-likeness (QED) is 0.721. The van der Waals surface area contributed by atoms with E-state index in [-0.39, 0.29) is 5.41 Å². The van der Waals surface area contributed by atoms with Crippen molar-refractivity contribution in [3.63, 3.8) is 0 Å². The fraction of sp³-hybridized carbons (Fsp3) is 0.625. The molecule has 11 heavy (non-hydrogen) atoms. The second kappa shape index (κ2) is 2.09. The van der Waals surface area contributed by atoms with E-state index in [1.165, 1.54) is 12.8 Å². The van der Waals surface area contributed by atoms with Gasteiger partial charge in [-0.15, -0.1) is 0 Å². The maximum absolute atomic E-state index is 5.23. The first-order valence-corrected chi connectivity index (χ1v) is 4.55. The van der Waals surface area contributed by atoms with Crippen molar-refractivity contribution in [2.75, 3.05) is 0 Å². The van der Waals surface area contributed by atoms with E-state index in [2.05, 4.69) is 28.0 Å². The Morgan fingerprint density at radius 3 is 2.55 bits per heavy atom. The maximum Gasteiger partial charge on any atom is 0.157 e.